The maximum Gasteiger partial charge on any atom is 0.264 e. The minimum absolute atomic E-state index is 0.0218. The zero-order chi connectivity index (χ0) is 26.1. The summed E-state index contributed by atoms with van der Waals surface area (Å²) < 4.78 is 5.43. The molecule has 0 aliphatic carbocycles. The number of halogens is 1. The van der Waals surface area contributed by atoms with Gasteiger partial charge in [0.15, 0.2) is 0 Å². The predicted molar refractivity (Wildman–Crippen MR) is 151 cm³/mol. The van der Waals surface area contributed by atoms with Crippen LogP contribution in [-0.4, -0.2) is 57.1 Å². The van der Waals surface area contributed by atoms with Crippen LogP contribution in [0.25, 0.3) is 6.08 Å². The molecule has 6 nitrogen and oxygen atoms in total. The first-order valence-corrected chi connectivity index (χ1v) is 13.3. The number of fused-ring (bicyclic) bond motifs is 1. The number of hydrogen-bond acceptors (Lipinski definition) is 5. The monoisotopic (exact) mass is 533 g/mol. The summed E-state index contributed by atoms with van der Waals surface area (Å²) in [5.74, 6) is 0.577. The van der Waals surface area contributed by atoms with Crippen LogP contribution in [0.1, 0.15) is 21.5 Å². The van der Waals surface area contributed by atoms with E-state index < -0.39 is 0 Å². The molecule has 3 aromatic carbocycles. The van der Waals surface area contributed by atoms with E-state index in [9.17, 15) is 9.59 Å². The topological polar surface area (TPSA) is 53.1 Å². The van der Waals surface area contributed by atoms with Gasteiger partial charge < -0.3 is 19.4 Å². The number of carbonyl (C=O) groups excluding carboxylic acids is 2. The smallest absolute Gasteiger partial charge is 0.264 e. The van der Waals surface area contributed by atoms with E-state index in [2.05, 4.69) is 11.8 Å². The summed E-state index contributed by atoms with van der Waals surface area (Å²) >= 11 is 7.62. The molecule has 1 saturated heterocycles. The van der Waals surface area contributed by atoms with Crippen molar-refractivity contribution >= 4 is 52.6 Å². The summed E-state index contributed by atoms with van der Waals surface area (Å²) in [7, 11) is 3.36. The average Bonchev–Trinajstić information content (AvgIpc) is 2.92. The van der Waals surface area contributed by atoms with E-state index in [4.69, 9.17) is 16.3 Å². The summed E-state index contributed by atoms with van der Waals surface area (Å²) in [5.41, 5.74) is 4.46. The number of amides is 2. The van der Waals surface area contributed by atoms with Crippen molar-refractivity contribution in [1.82, 2.24) is 4.90 Å². The number of thioether (sulfide) groups is 1. The van der Waals surface area contributed by atoms with Crippen molar-refractivity contribution in [2.75, 3.05) is 50.1 Å². The Balaban J connectivity index is 1.32. The fourth-order valence-corrected chi connectivity index (χ4v) is 5.96. The standard InChI is InChI=1S/C29H28ClN3O3S/c1-19-8-10-22(30)18-23(19)32-12-14-33(15-13-32)28(34)21-9-11-26-24(16-21)31(2)29(35)27(37-26)17-20-6-4-5-7-25(20)36-3/h4-11,16-18H,12-15H2,1-3H3. The van der Waals surface area contributed by atoms with Gasteiger partial charge in [0.1, 0.15) is 5.75 Å². The summed E-state index contributed by atoms with van der Waals surface area (Å²) in [4.78, 5) is 33.8. The molecule has 0 atom stereocenters. The van der Waals surface area contributed by atoms with Crippen molar-refractivity contribution in [1.29, 1.82) is 0 Å². The number of aryl methyl sites for hydroxylation is 1. The molecule has 0 bridgehead atoms. The van der Waals surface area contributed by atoms with Gasteiger partial charge in [-0.2, -0.15) is 0 Å². The van der Waals surface area contributed by atoms with Crippen LogP contribution >= 0.6 is 23.4 Å². The molecule has 0 radical (unpaired) electrons. The second kappa shape index (κ2) is 10.5. The molecule has 0 aromatic heterocycles. The third-order valence-electron chi connectivity index (χ3n) is 6.81. The average molecular weight is 534 g/mol. The van der Waals surface area contributed by atoms with Gasteiger partial charge in [-0.25, -0.2) is 0 Å². The Bertz CT molecular complexity index is 1400. The van der Waals surface area contributed by atoms with Gasteiger partial charge in [-0.05, 0) is 55.0 Å². The number of piperazine rings is 1. The molecular weight excluding hydrogens is 506 g/mol. The third-order valence-corrected chi connectivity index (χ3v) is 8.12. The molecule has 1 fully saturated rings. The normalized spacial score (nSPS) is 16.7. The fraction of sp³-hybridized carbons (Fsp3) is 0.241. The Labute approximate surface area is 226 Å². The Morgan fingerprint density at radius 2 is 1.76 bits per heavy atom. The number of rotatable bonds is 4. The van der Waals surface area contributed by atoms with E-state index in [1.165, 1.54) is 17.3 Å². The van der Waals surface area contributed by atoms with Crippen molar-refractivity contribution in [2.45, 2.75) is 11.8 Å². The lowest BCUT2D eigenvalue weighted by Crippen LogP contribution is -2.49. The molecule has 37 heavy (non-hydrogen) atoms. The van der Waals surface area contributed by atoms with Gasteiger partial charge in [-0.1, -0.05) is 47.6 Å². The highest BCUT2D eigenvalue weighted by molar-refractivity contribution is 8.04. The molecule has 0 spiro atoms. The zero-order valence-electron chi connectivity index (χ0n) is 21.0. The summed E-state index contributed by atoms with van der Waals surface area (Å²) in [6, 6.07) is 19.1. The molecule has 2 aliphatic rings. The number of methoxy groups -OCH3 is 1. The number of anilines is 2. The number of nitrogens with zero attached hydrogens (tertiary/aromatic N) is 3. The molecule has 3 aromatic rings. The second-order valence-corrected chi connectivity index (χ2v) is 10.6. The van der Waals surface area contributed by atoms with Crippen LogP contribution in [0.2, 0.25) is 5.02 Å². The first kappa shape index (κ1) is 25.2. The largest absolute Gasteiger partial charge is 0.496 e. The number of ether oxygens (including phenoxy) is 1. The van der Waals surface area contributed by atoms with Gasteiger partial charge in [0.05, 0.1) is 17.7 Å². The first-order chi connectivity index (χ1) is 17.9. The van der Waals surface area contributed by atoms with Crippen LogP contribution < -0.4 is 14.5 Å². The van der Waals surface area contributed by atoms with E-state index in [-0.39, 0.29) is 11.8 Å². The lowest BCUT2D eigenvalue weighted by molar-refractivity contribution is -0.114. The molecule has 0 saturated carbocycles. The van der Waals surface area contributed by atoms with E-state index in [0.29, 0.717) is 34.3 Å². The lowest BCUT2D eigenvalue weighted by Gasteiger charge is -2.37. The Morgan fingerprint density at radius 1 is 1.00 bits per heavy atom. The quantitative estimate of drug-likeness (QED) is 0.401. The maximum atomic E-state index is 13.4. The second-order valence-electron chi connectivity index (χ2n) is 9.11. The number of benzene rings is 3. The highest BCUT2D eigenvalue weighted by Crippen LogP contribution is 2.42. The van der Waals surface area contributed by atoms with Crippen LogP contribution in [0.4, 0.5) is 11.4 Å². The van der Waals surface area contributed by atoms with E-state index in [1.807, 2.05) is 71.6 Å². The van der Waals surface area contributed by atoms with E-state index >= 15 is 0 Å². The lowest BCUT2D eigenvalue weighted by atomic mass is 10.1. The van der Waals surface area contributed by atoms with Crippen molar-refractivity contribution in [3.8, 4) is 5.75 Å². The van der Waals surface area contributed by atoms with Crippen LogP contribution in [0.3, 0.4) is 0 Å². The predicted octanol–water partition coefficient (Wildman–Crippen LogP) is 5.73. The highest BCUT2D eigenvalue weighted by atomic mass is 35.5. The first-order valence-electron chi connectivity index (χ1n) is 12.1. The van der Waals surface area contributed by atoms with E-state index in [0.717, 1.165) is 34.9 Å². The number of carbonyl (C=O) groups is 2. The van der Waals surface area contributed by atoms with Crippen molar-refractivity contribution in [3.63, 3.8) is 0 Å². The number of likely N-dealkylation sites (N-methyl/N-ethyl adjacent to an activating group) is 1. The fourth-order valence-electron chi connectivity index (χ4n) is 4.71. The molecule has 2 heterocycles. The molecule has 0 N–H and O–H groups in total. The van der Waals surface area contributed by atoms with Gasteiger partial charge in [0.2, 0.25) is 0 Å². The Hall–Kier alpha value is -3.42. The number of para-hydroxylation sites is 1. The summed E-state index contributed by atoms with van der Waals surface area (Å²) in [6.45, 7) is 4.80. The molecular formula is C29H28ClN3O3S. The summed E-state index contributed by atoms with van der Waals surface area (Å²) in [6.07, 6.45) is 1.85. The van der Waals surface area contributed by atoms with Gasteiger partial charge >= 0.3 is 0 Å². The third kappa shape index (κ3) is 5.06. The Morgan fingerprint density at radius 3 is 2.51 bits per heavy atom. The highest BCUT2D eigenvalue weighted by Gasteiger charge is 2.29. The number of hydrogen-bond donors (Lipinski definition) is 0. The van der Waals surface area contributed by atoms with Crippen molar-refractivity contribution in [2.24, 2.45) is 0 Å². The van der Waals surface area contributed by atoms with Crippen LogP contribution in [-0.2, 0) is 4.79 Å². The van der Waals surface area contributed by atoms with Crippen LogP contribution in [0, 0.1) is 6.92 Å². The molecule has 8 heteroatoms. The van der Waals surface area contributed by atoms with Gasteiger partial charge in [-0.15, -0.1) is 0 Å². The maximum absolute atomic E-state index is 13.4. The molecule has 5 rings (SSSR count). The molecule has 2 amide bonds. The zero-order valence-corrected chi connectivity index (χ0v) is 22.6. The minimum atomic E-state index is -0.112. The Kier molecular flexibility index (Phi) is 7.17. The van der Waals surface area contributed by atoms with Gasteiger partial charge in [-0.3, -0.25) is 9.59 Å². The molecule has 0 unspecified atom stereocenters. The molecule has 2 aliphatic heterocycles. The molecule has 190 valence electrons. The SMILES string of the molecule is COc1ccccc1C=C1Sc2ccc(C(=O)N3CCN(c4cc(Cl)ccc4C)CC3)cc2N(C)C1=O. The van der Waals surface area contributed by atoms with Crippen molar-refractivity contribution < 1.29 is 14.3 Å². The van der Waals surface area contributed by atoms with E-state index in [1.54, 1.807) is 19.1 Å². The van der Waals surface area contributed by atoms with Crippen LogP contribution in [0.15, 0.2) is 70.5 Å². The minimum Gasteiger partial charge on any atom is -0.496 e. The van der Waals surface area contributed by atoms with Gasteiger partial charge in [0.25, 0.3) is 11.8 Å². The summed E-state index contributed by atoms with van der Waals surface area (Å²) in [5, 5.41) is 0.714. The van der Waals surface area contributed by atoms with Crippen molar-refractivity contribution in [3.05, 3.63) is 87.3 Å². The van der Waals surface area contributed by atoms with Crippen LogP contribution in [0.5, 0.6) is 5.75 Å². The van der Waals surface area contributed by atoms with Gasteiger partial charge in [0, 0.05) is 60.0 Å².